The Hall–Kier alpha value is -1.27. The lowest BCUT2D eigenvalue weighted by Gasteiger charge is -2.09. The van der Waals surface area contributed by atoms with Crippen molar-refractivity contribution in [2.45, 2.75) is 18.5 Å². The minimum Gasteiger partial charge on any atom is -0.219 e. The predicted molar refractivity (Wildman–Crippen MR) is 65.6 cm³/mol. The molecule has 19 heavy (non-hydrogen) atoms. The Morgan fingerprint density at radius 2 is 2.00 bits per heavy atom. The summed E-state index contributed by atoms with van der Waals surface area (Å²) in [5.74, 6) is 0. The zero-order chi connectivity index (χ0) is 14.2. The number of rotatable bonds is 2. The minimum absolute atomic E-state index is 0.0616. The van der Waals surface area contributed by atoms with Gasteiger partial charge in [-0.25, -0.2) is 4.68 Å². The second-order valence-electron chi connectivity index (χ2n) is 3.87. The summed E-state index contributed by atoms with van der Waals surface area (Å²) in [5, 5.41) is 7.17. The van der Waals surface area contributed by atoms with Gasteiger partial charge in [-0.3, -0.25) is 0 Å². The fourth-order valence-electron chi connectivity index (χ4n) is 1.45. The van der Waals surface area contributed by atoms with E-state index in [9.17, 15) is 13.2 Å². The average molecular weight is 310 g/mol. The molecule has 0 saturated carbocycles. The lowest BCUT2D eigenvalue weighted by Crippen LogP contribution is -2.06. The zero-order valence-corrected chi connectivity index (χ0v) is 11.1. The second kappa shape index (κ2) is 5.02. The molecule has 0 saturated heterocycles. The molecule has 0 aliphatic carbocycles. The van der Waals surface area contributed by atoms with Crippen molar-refractivity contribution >= 4 is 23.2 Å². The average Bonchev–Trinajstić information content (AvgIpc) is 2.76. The van der Waals surface area contributed by atoms with Crippen LogP contribution in [0.1, 0.15) is 23.6 Å². The van der Waals surface area contributed by atoms with Crippen molar-refractivity contribution in [2.75, 3.05) is 0 Å². The smallest absolute Gasteiger partial charge is 0.219 e. The summed E-state index contributed by atoms with van der Waals surface area (Å²) in [4.78, 5) is 0. The van der Waals surface area contributed by atoms with Gasteiger partial charge in [0.1, 0.15) is 5.69 Å². The van der Waals surface area contributed by atoms with Crippen LogP contribution in [0.4, 0.5) is 13.2 Å². The van der Waals surface area contributed by atoms with Crippen molar-refractivity contribution in [1.82, 2.24) is 15.0 Å². The molecule has 8 heteroatoms. The van der Waals surface area contributed by atoms with Crippen LogP contribution >= 0.6 is 23.2 Å². The summed E-state index contributed by atoms with van der Waals surface area (Å²) in [5.41, 5.74) is 0.00987. The maximum atomic E-state index is 12.5. The largest absolute Gasteiger partial charge is 0.416 e. The highest BCUT2D eigenvalue weighted by molar-refractivity contribution is 6.32. The minimum atomic E-state index is -4.43. The van der Waals surface area contributed by atoms with Crippen molar-refractivity contribution in [3.05, 3.63) is 40.7 Å². The van der Waals surface area contributed by atoms with E-state index in [1.54, 1.807) is 6.92 Å². The first-order valence-electron chi connectivity index (χ1n) is 5.22. The van der Waals surface area contributed by atoms with Crippen LogP contribution in [0.25, 0.3) is 5.69 Å². The van der Waals surface area contributed by atoms with Crippen LogP contribution in [0, 0.1) is 0 Å². The molecule has 0 spiro atoms. The molecule has 1 unspecified atom stereocenters. The molecule has 0 aliphatic rings. The SMILES string of the molecule is CC(Cl)c1cn(-c2ccc(C(F)(F)F)cc2Cl)nn1. The van der Waals surface area contributed by atoms with E-state index in [0.29, 0.717) is 11.4 Å². The normalized spacial score (nSPS) is 13.6. The van der Waals surface area contributed by atoms with Gasteiger partial charge >= 0.3 is 6.18 Å². The number of hydrogen-bond acceptors (Lipinski definition) is 2. The molecule has 0 bridgehead atoms. The van der Waals surface area contributed by atoms with Gasteiger partial charge in [0.05, 0.1) is 27.8 Å². The van der Waals surface area contributed by atoms with Crippen LogP contribution in [-0.2, 0) is 6.18 Å². The van der Waals surface area contributed by atoms with E-state index in [0.717, 1.165) is 12.1 Å². The lowest BCUT2D eigenvalue weighted by atomic mass is 10.2. The zero-order valence-electron chi connectivity index (χ0n) is 9.62. The van der Waals surface area contributed by atoms with E-state index in [2.05, 4.69) is 10.3 Å². The van der Waals surface area contributed by atoms with Crippen LogP contribution in [0.5, 0.6) is 0 Å². The van der Waals surface area contributed by atoms with Gasteiger partial charge in [0, 0.05) is 0 Å². The molecule has 2 rings (SSSR count). The van der Waals surface area contributed by atoms with Gasteiger partial charge < -0.3 is 0 Å². The maximum absolute atomic E-state index is 12.5. The number of hydrogen-bond donors (Lipinski definition) is 0. The van der Waals surface area contributed by atoms with Crippen LogP contribution in [0.15, 0.2) is 24.4 Å². The Labute approximate surface area is 116 Å². The molecule has 1 aromatic carbocycles. The molecule has 2 aromatic rings. The van der Waals surface area contributed by atoms with Crippen LogP contribution in [-0.4, -0.2) is 15.0 Å². The number of alkyl halides is 4. The molecular formula is C11H8Cl2F3N3. The quantitative estimate of drug-likeness (QED) is 0.777. The molecule has 0 radical (unpaired) electrons. The molecule has 0 aliphatic heterocycles. The Morgan fingerprint density at radius 3 is 2.47 bits per heavy atom. The van der Waals surface area contributed by atoms with Crippen LogP contribution in [0.3, 0.4) is 0 Å². The third-order valence-electron chi connectivity index (χ3n) is 2.44. The highest BCUT2D eigenvalue weighted by Crippen LogP contribution is 2.33. The Kier molecular flexibility index (Phi) is 3.73. The molecule has 0 amide bonds. The fourth-order valence-corrected chi connectivity index (χ4v) is 1.81. The summed E-state index contributed by atoms with van der Waals surface area (Å²) in [6.07, 6.45) is -2.91. The van der Waals surface area contributed by atoms with Gasteiger partial charge in [0.25, 0.3) is 0 Å². The van der Waals surface area contributed by atoms with Crippen molar-refractivity contribution in [3.63, 3.8) is 0 Å². The number of halogens is 5. The molecular weight excluding hydrogens is 302 g/mol. The maximum Gasteiger partial charge on any atom is 0.416 e. The first-order valence-corrected chi connectivity index (χ1v) is 6.04. The van der Waals surface area contributed by atoms with E-state index >= 15 is 0 Å². The molecule has 102 valence electrons. The lowest BCUT2D eigenvalue weighted by molar-refractivity contribution is -0.137. The third-order valence-corrected chi connectivity index (χ3v) is 2.97. The molecule has 1 atom stereocenters. The Morgan fingerprint density at radius 1 is 1.32 bits per heavy atom. The van der Waals surface area contributed by atoms with Gasteiger partial charge in [-0.2, -0.15) is 13.2 Å². The Balaban J connectivity index is 2.40. The van der Waals surface area contributed by atoms with E-state index in [1.165, 1.54) is 16.9 Å². The Bertz CT molecular complexity index is 593. The van der Waals surface area contributed by atoms with Gasteiger partial charge in [-0.1, -0.05) is 16.8 Å². The van der Waals surface area contributed by atoms with Crippen LogP contribution in [0.2, 0.25) is 5.02 Å². The van der Waals surface area contributed by atoms with Crippen molar-refractivity contribution in [3.8, 4) is 5.69 Å². The van der Waals surface area contributed by atoms with Crippen molar-refractivity contribution < 1.29 is 13.2 Å². The van der Waals surface area contributed by atoms with E-state index in [-0.39, 0.29) is 10.4 Å². The number of nitrogens with zero attached hydrogens (tertiary/aromatic N) is 3. The van der Waals surface area contributed by atoms with Gasteiger partial charge in [0.15, 0.2) is 0 Å². The summed E-state index contributed by atoms with van der Waals surface area (Å²) in [6, 6.07) is 3.03. The first kappa shape index (κ1) is 14.1. The fraction of sp³-hybridized carbons (Fsp3) is 0.273. The summed E-state index contributed by atoms with van der Waals surface area (Å²) in [7, 11) is 0. The molecule has 1 heterocycles. The molecule has 3 nitrogen and oxygen atoms in total. The number of aromatic nitrogens is 3. The van der Waals surface area contributed by atoms with Crippen molar-refractivity contribution in [1.29, 1.82) is 0 Å². The van der Waals surface area contributed by atoms with Gasteiger partial charge in [0.2, 0.25) is 0 Å². The molecule has 1 aromatic heterocycles. The number of benzene rings is 1. The standard InChI is InChI=1S/C11H8Cl2F3N3/c1-6(12)9-5-19(18-17-9)10-3-2-7(4-8(10)13)11(14,15)16/h2-6H,1H3. The first-order chi connectivity index (χ1) is 8.79. The van der Waals surface area contributed by atoms with Crippen molar-refractivity contribution in [2.24, 2.45) is 0 Å². The van der Waals surface area contributed by atoms with Crippen LogP contribution < -0.4 is 0 Å². The highest BCUT2D eigenvalue weighted by atomic mass is 35.5. The van der Waals surface area contributed by atoms with Gasteiger partial charge in [-0.15, -0.1) is 16.7 Å². The van der Waals surface area contributed by atoms with Gasteiger partial charge in [-0.05, 0) is 25.1 Å². The second-order valence-corrected chi connectivity index (χ2v) is 4.93. The molecule has 0 N–H and O–H groups in total. The summed E-state index contributed by atoms with van der Waals surface area (Å²) in [6.45, 7) is 1.71. The summed E-state index contributed by atoms with van der Waals surface area (Å²) < 4.78 is 38.8. The highest BCUT2D eigenvalue weighted by Gasteiger charge is 2.31. The summed E-state index contributed by atoms with van der Waals surface area (Å²) >= 11 is 11.7. The monoisotopic (exact) mass is 309 g/mol. The predicted octanol–water partition coefficient (Wildman–Crippen LogP) is 4.24. The topological polar surface area (TPSA) is 30.7 Å². The van der Waals surface area contributed by atoms with E-state index in [1.807, 2.05) is 0 Å². The third kappa shape index (κ3) is 3.01. The van der Waals surface area contributed by atoms with E-state index < -0.39 is 11.7 Å². The van der Waals surface area contributed by atoms with E-state index in [4.69, 9.17) is 23.2 Å². The molecule has 0 fully saturated rings.